The second-order valence-corrected chi connectivity index (χ2v) is 7.70. The lowest BCUT2D eigenvalue weighted by molar-refractivity contribution is 0.0924. The lowest BCUT2D eigenvalue weighted by Gasteiger charge is -2.11. The molecule has 2 aromatic carbocycles. The van der Waals surface area contributed by atoms with Gasteiger partial charge in [0.25, 0.3) is 5.91 Å². The number of nitrogens with one attached hydrogen (secondary N) is 2. The summed E-state index contributed by atoms with van der Waals surface area (Å²) >= 11 is 1.56. The first-order valence-corrected chi connectivity index (χ1v) is 10.1. The Balaban J connectivity index is 1.54. The Hall–Kier alpha value is -2.31. The minimum Gasteiger partial charge on any atom is -0.451 e. The molecule has 1 atom stereocenters. The Bertz CT molecular complexity index is 933. The molecule has 1 amide bonds. The van der Waals surface area contributed by atoms with Crippen molar-refractivity contribution >= 4 is 28.6 Å². The SMILES string of the molecule is O=C(NCC1CCCN1)c1oc2ccccc2c1CSc1ccc(F)cc1. The molecule has 140 valence electrons. The van der Waals surface area contributed by atoms with Crippen LogP contribution in [0.3, 0.4) is 0 Å². The number of thioether (sulfide) groups is 1. The van der Waals surface area contributed by atoms with Crippen LogP contribution in [0.2, 0.25) is 0 Å². The standard InChI is InChI=1S/C21H21FN2O2S/c22-14-7-9-16(10-8-14)27-13-18-17-5-1-2-6-19(17)26-20(18)21(25)24-12-15-4-3-11-23-15/h1-2,5-10,15,23H,3-4,11-13H2,(H,24,25). The molecule has 0 radical (unpaired) electrons. The smallest absolute Gasteiger partial charge is 0.287 e. The zero-order valence-electron chi connectivity index (χ0n) is 14.8. The summed E-state index contributed by atoms with van der Waals surface area (Å²) in [6, 6.07) is 14.4. The van der Waals surface area contributed by atoms with Crippen LogP contribution in [0.5, 0.6) is 0 Å². The highest BCUT2D eigenvalue weighted by Gasteiger charge is 2.22. The maximum absolute atomic E-state index is 13.1. The number of rotatable bonds is 6. The molecule has 1 aromatic heterocycles. The number of carbonyl (C=O) groups excluding carboxylic acids is 1. The summed E-state index contributed by atoms with van der Waals surface area (Å²) in [5, 5.41) is 7.31. The molecule has 1 unspecified atom stereocenters. The van der Waals surface area contributed by atoms with Gasteiger partial charge >= 0.3 is 0 Å². The van der Waals surface area contributed by atoms with Gasteiger partial charge in [-0.3, -0.25) is 4.79 Å². The molecular weight excluding hydrogens is 363 g/mol. The van der Waals surface area contributed by atoms with Gasteiger partial charge < -0.3 is 15.1 Å². The Morgan fingerprint density at radius 3 is 2.81 bits per heavy atom. The predicted molar refractivity (Wildman–Crippen MR) is 106 cm³/mol. The van der Waals surface area contributed by atoms with Gasteiger partial charge in [0.15, 0.2) is 5.76 Å². The summed E-state index contributed by atoms with van der Waals surface area (Å²) in [6.45, 7) is 1.60. The van der Waals surface area contributed by atoms with Crippen LogP contribution in [0.15, 0.2) is 57.8 Å². The Morgan fingerprint density at radius 1 is 1.22 bits per heavy atom. The monoisotopic (exact) mass is 384 g/mol. The van der Waals surface area contributed by atoms with Crippen LogP contribution in [0, 0.1) is 5.82 Å². The summed E-state index contributed by atoms with van der Waals surface area (Å²) in [5.41, 5.74) is 1.58. The van der Waals surface area contributed by atoms with Crippen molar-refractivity contribution in [1.82, 2.24) is 10.6 Å². The van der Waals surface area contributed by atoms with Crippen LogP contribution in [0.25, 0.3) is 11.0 Å². The molecule has 2 heterocycles. The molecule has 4 rings (SSSR count). The molecule has 0 saturated carbocycles. The summed E-state index contributed by atoms with van der Waals surface area (Å²) in [7, 11) is 0. The van der Waals surface area contributed by atoms with E-state index in [9.17, 15) is 9.18 Å². The van der Waals surface area contributed by atoms with Gasteiger partial charge in [0.1, 0.15) is 11.4 Å². The van der Waals surface area contributed by atoms with Crippen molar-refractivity contribution in [1.29, 1.82) is 0 Å². The van der Waals surface area contributed by atoms with Gasteiger partial charge in [0, 0.05) is 34.2 Å². The van der Waals surface area contributed by atoms with Crippen LogP contribution < -0.4 is 10.6 Å². The first kappa shape index (κ1) is 18.1. The molecule has 4 nitrogen and oxygen atoms in total. The zero-order chi connectivity index (χ0) is 18.6. The van der Waals surface area contributed by atoms with E-state index in [1.807, 2.05) is 24.3 Å². The van der Waals surface area contributed by atoms with E-state index in [0.717, 1.165) is 35.2 Å². The molecule has 3 aromatic rings. The van der Waals surface area contributed by atoms with Gasteiger partial charge in [0.05, 0.1) is 0 Å². The number of benzene rings is 2. The number of furan rings is 1. The quantitative estimate of drug-likeness (QED) is 0.621. The summed E-state index contributed by atoms with van der Waals surface area (Å²) < 4.78 is 19.0. The first-order chi connectivity index (χ1) is 13.2. The van der Waals surface area contributed by atoms with Gasteiger partial charge in [-0.2, -0.15) is 0 Å². The maximum atomic E-state index is 13.1. The molecule has 0 bridgehead atoms. The zero-order valence-corrected chi connectivity index (χ0v) is 15.7. The van der Waals surface area contributed by atoms with E-state index >= 15 is 0 Å². The fourth-order valence-corrected chi connectivity index (χ4v) is 4.27. The van der Waals surface area contributed by atoms with E-state index in [-0.39, 0.29) is 11.7 Å². The molecule has 1 aliphatic rings. The van der Waals surface area contributed by atoms with Crippen LogP contribution in [-0.2, 0) is 5.75 Å². The third kappa shape index (κ3) is 4.17. The largest absolute Gasteiger partial charge is 0.451 e. The van der Waals surface area contributed by atoms with Gasteiger partial charge in [-0.25, -0.2) is 4.39 Å². The average molecular weight is 384 g/mol. The van der Waals surface area contributed by atoms with Gasteiger partial charge in [-0.05, 0) is 49.7 Å². The summed E-state index contributed by atoms with van der Waals surface area (Å²) in [5.74, 6) is 0.500. The van der Waals surface area contributed by atoms with Crippen molar-refractivity contribution in [3.8, 4) is 0 Å². The number of fused-ring (bicyclic) bond motifs is 1. The minimum absolute atomic E-state index is 0.186. The van der Waals surface area contributed by atoms with E-state index in [0.29, 0.717) is 29.7 Å². The number of para-hydroxylation sites is 1. The molecule has 27 heavy (non-hydrogen) atoms. The van der Waals surface area contributed by atoms with Gasteiger partial charge in [0.2, 0.25) is 0 Å². The van der Waals surface area contributed by atoms with Crippen molar-refractivity contribution in [3.05, 3.63) is 65.7 Å². The number of carbonyl (C=O) groups is 1. The Kier molecular flexibility index (Phi) is 5.45. The maximum Gasteiger partial charge on any atom is 0.287 e. The fraction of sp³-hybridized carbons (Fsp3) is 0.286. The summed E-state index contributed by atoms with van der Waals surface area (Å²) in [6.07, 6.45) is 2.22. The molecule has 1 fully saturated rings. The third-order valence-corrected chi connectivity index (χ3v) is 5.81. The topological polar surface area (TPSA) is 54.3 Å². The third-order valence-electron chi connectivity index (χ3n) is 4.77. The number of amides is 1. The molecule has 1 saturated heterocycles. The van der Waals surface area contributed by atoms with E-state index in [1.165, 1.54) is 12.1 Å². The van der Waals surface area contributed by atoms with Crippen LogP contribution in [0.4, 0.5) is 4.39 Å². The number of halogens is 1. The Morgan fingerprint density at radius 2 is 2.04 bits per heavy atom. The van der Waals surface area contributed by atoms with Gasteiger partial charge in [-0.1, -0.05) is 18.2 Å². The molecule has 1 aliphatic heterocycles. The first-order valence-electron chi connectivity index (χ1n) is 9.11. The van der Waals surface area contributed by atoms with Crippen LogP contribution in [-0.4, -0.2) is 25.0 Å². The molecule has 0 aliphatic carbocycles. The second-order valence-electron chi connectivity index (χ2n) is 6.65. The van der Waals surface area contributed by atoms with Gasteiger partial charge in [-0.15, -0.1) is 11.8 Å². The highest BCUT2D eigenvalue weighted by molar-refractivity contribution is 7.98. The van der Waals surface area contributed by atoms with Crippen molar-refractivity contribution < 1.29 is 13.6 Å². The molecule has 0 spiro atoms. The van der Waals surface area contributed by atoms with E-state index < -0.39 is 0 Å². The molecular formula is C21H21FN2O2S. The molecule has 6 heteroatoms. The summed E-state index contributed by atoms with van der Waals surface area (Å²) in [4.78, 5) is 13.7. The number of hydrogen-bond acceptors (Lipinski definition) is 4. The predicted octanol–water partition coefficient (Wildman–Crippen LogP) is 4.35. The van der Waals surface area contributed by atoms with Crippen LogP contribution in [0.1, 0.15) is 29.0 Å². The normalized spacial score (nSPS) is 16.7. The van der Waals surface area contributed by atoms with E-state index in [1.54, 1.807) is 23.9 Å². The molecule has 2 N–H and O–H groups in total. The highest BCUT2D eigenvalue weighted by Crippen LogP contribution is 2.32. The number of hydrogen-bond donors (Lipinski definition) is 2. The van der Waals surface area contributed by atoms with Crippen molar-refractivity contribution in [3.63, 3.8) is 0 Å². The van der Waals surface area contributed by atoms with Crippen molar-refractivity contribution in [2.45, 2.75) is 29.5 Å². The lowest BCUT2D eigenvalue weighted by atomic mass is 10.1. The van der Waals surface area contributed by atoms with E-state index in [4.69, 9.17) is 4.42 Å². The van der Waals surface area contributed by atoms with Crippen LogP contribution >= 0.6 is 11.8 Å². The fourth-order valence-electron chi connectivity index (χ4n) is 3.34. The minimum atomic E-state index is -0.256. The van der Waals surface area contributed by atoms with Crippen molar-refractivity contribution in [2.24, 2.45) is 0 Å². The Labute approximate surface area is 161 Å². The highest BCUT2D eigenvalue weighted by atomic mass is 32.2. The van der Waals surface area contributed by atoms with E-state index in [2.05, 4.69) is 10.6 Å². The lowest BCUT2D eigenvalue weighted by Crippen LogP contribution is -2.37. The van der Waals surface area contributed by atoms with Crippen molar-refractivity contribution in [2.75, 3.05) is 13.1 Å². The second kappa shape index (κ2) is 8.15. The average Bonchev–Trinajstić information content (AvgIpc) is 3.33.